The molecule has 0 fully saturated rings. The molecule has 0 amide bonds. The minimum absolute atomic E-state index is 0. The predicted molar refractivity (Wildman–Crippen MR) is 24.2 cm³/mol. The van der Waals surface area contributed by atoms with E-state index < -0.39 is 7.82 Å². The van der Waals surface area contributed by atoms with E-state index in [1.54, 1.807) is 0 Å². The van der Waals surface area contributed by atoms with E-state index in [9.17, 15) is 0 Å². The molecule has 8 heteroatoms. The zero-order valence-corrected chi connectivity index (χ0v) is 8.07. The van der Waals surface area contributed by atoms with Gasteiger partial charge in [-0.2, -0.15) is 0 Å². The van der Waals surface area contributed by atoms with Gasteiger partial charge in [-0.1, -0.05) is 0 Å². The van der Waals surface area contributed by atoms with Crippen LogP contribution in [-0.2, 0) is 40.5 Å². The molecule has 0 radical (unpaired) electrons. The third-order valence-corrected chi connectivity index (χ3v) is 0. The Morgan fingerprint density at radius 2 is 1.12 bits per heavy atom. The number of hydrogen-bond donors (Lipinski definition) is 3. The fourth-order valence-corrected chi connectivity index (χ4v) is 0. The van der Waals surface area contributed by atoms with Crippen molar-refractivity contribution in [2.24, 2.45) is 0 Å². The molecule has 0 atom stereocenters. The topological polar surface area (TPSA) is 77.8 Å². The second-order valence-electron chi connectivity index (χ2n) is 0.513. The first-order valence-electron chi connectivity index (χ1n) is 0.783. The molecule has 4 nitrogen and oxygen atoms in total. The molecule has 0 aliphatic carbocycles. The van der Waals surface area contributed by atoms with E-state index in [1.165, 1.54) is 0 Å². The molecule has 50 valence electrons. The van der Waals surface area contributed by atoms with Crippen LogP contribution < -0.4 is 0 Å². The summed E-state index contributed by atoms with van der Waals surface area (Å²) >= 11 is 0. The maximum atomic E-state index is 8.88. The van der Waals surface area contributed by atoms with Crippen LogP contribution in [0.15, 0.2) is 0 Å². The van der Waals surface area contributed by atoms with Crippen LogP contribution >= 0.6 is 7.82 Å². The summed E-state index contributed by atoms with van der Waals surface area (Å²) < 4.78 is 8.88. The Hall–Kier alpha value is 1.76. The van der Waals surface area contributed by atoms with Crippen LogP contribution in [0.4, 0.5) is 0 Å². The summed E-state index contributed by atoms with van der Waals surface area (Å²) in [4.78, 5) is 21.6. The average Bonchev–Trinajstić information content (AvgIpc) is 0.722. The molecule has 8 heavy (non-hydrogen) atoms. The second-order valence-corrected chi connectivity index (χ2v) is 1.54. The fraction of sp³-hybridized carbons (Fsp3) is 0. The molecule has 0 spiro atoms. The third-order valence-electron chi connectivity index (χ3n) is 0. The molecule has 0 aliphatic heterocycles. The van der Waals surface area contributed by atoms with Gasteiger partial charge < -0.3 is 14.7 Å². The van der Waals surface area contributed by atoms with E-state index in [1.807, 2.05) is 0 Å². The van der Waals surface area contributed by atoms with Crippen LogP contribution in [0, 0.1) is 0 Å². The standard InChI is InChI=1S/Al.Ni.H3O4P.Zn.3H/c;;1-5(2,3)4;;;;/h;;(H3,1,2,3,4);;;;. The summed E-state index contributed by atoms with van der Waals surface area (Å²) in [6, 6.07) is 0. The van der Waals surface area contributed by atoms with E-state index in [0.717, 1.165) is 0 Å². The van der Waals surface area contributed by atoms with Crippen LogP contribution in [-0.4, -0.2) is 32.0 Å². The Morgan fingerprint density at radius 1 is 1.12 bits per heavy atom. The van der Waals surface area contributed by atoms with Gasteiger partial charge in [0.05, 0.1) is 0 Å². The molecular formula is H6AlNiO4PZn. The van der Waals surface area contributed by atoms with Crippen LogP contribution in [0.25, 0.3) is 0 Å². The molecule has 0 bridgehead atoms. The van der Waals surface area contributed by atoms with Gasteiger partial charge in [-0.05, 0) is 0 Å². The third kappa shape index (κ3) is 115. The monoisotopic (exact) mass is 250 g/mol. The molecule has 3 N–H and O–H groups in total. The summed E-state index contributed by atoms with van der Waals surface area (Å²) in [5.41, 5.74) is 0. The SMILES string of the molecule is O=P(O)(O)O.[AlH3].[Ni].[Zn]. The minimum atomic E-state index is -4.64. The summed E-state index contributed by atoms with van der Waals surface area (Å²) in [6.45, 7) is 0. The summed E-state index contributed by atoms with van der Waals surface area (Å²) in [7, 11) is -4.64. The Balaban J connectivity index is -0.0000000267. The Bertz CT molecular complexity index is 62.2. The zero-order chi connectivity index (χ0) is 4.50. The van der Waals surface area contributed by atoms with Crippen molar-refractivity contribution in [3.8, 4) is 0 Å². The van der Waals surface area contributed by atoms with Crippen LogP contribution in [0.1, 0.15) is 0 Å². The van der Waals surface area contributed by atoms with Gasteiger partial charge in [-0.3, -0.25) is 0 Å². The molecule has 0 unspecified atom stereocenters. The number of rotatable bonds is 0. The van der Waals surface area contributed by atoms with Crippen molar-refractivity contribution in [3.63, 3.8) is 0 Å². The summed E-state index contributed by atoms with van der Waals surface area (Å²) in [5.74, 6) is 0. The van der Waals surface area contributed by atoms with Gasteiger partial charge in [0.2, 0.25) is 0 Å². The minimum Gasteiger partial charge on any atom is -0.303 e. The smallest absolute Gasteiger partial charge is 0.303 e. The maximum Gasteiger partial charge on any atom is 0.466 e. The van der Waals surface area contributed by atoms with E-state index in [-0.39, 0.29) is 53.3 Å². The van der Waals surface area contributed by atoms with Gasteiger partial charge in [0.1, 0.15) is 0 Å². The van der Waals surface area contributed by atoms with Crippen LogP contribution in [0.3, 0.4) is 0 Å². The van der Waals surface area contributed by atoms with E-state index in [4.69, 9.17) is 19.2 Å². The van der Waals surface area contributed by atoms with Crippen molar-refractivity contribution in [3.05, 3.63) is 0 Å². The molecule has 0 aliphatic rings. The molecule has 0 heterocycles. The summed E-state index contributed by atoms with van der Waals surface area (Å²) in [6.07, 6.45) is 0. The van der Waals surface area contributed by atoms with Crippen LogP contribution in [0.2, 0.25) is 0 Å². The first kappa shape index (κ1) is 22.6. The van der Waals surface area contributed by atoms with Gasteiger partial charge in [-0.25, -0.2) is 4.57 Å². The maximum absolute atomic E-state index is 8.88. The Kier molecular flexibility index (Phi) is 24.7. The molecular weight excluding hydrogens is 246 g/mol. The number of phosphoric acid groups is 1. The second kappa shape index (κ2) is 8.76. The molecule has 0 aromatic heterocycles. The van der Waals surface area contributed by atoms with Crippen molar-refractivity contribution in [2.45, 2.75) is 0 Å². The molecule has 0 aromatic carbocycles. The van der Waals surface area contributed by atoms with Crippen molar-refractivity contribution in [1.29, 1.82) is 0 Å². The predicted octanol–water partition coefficient (Wildman–Crippen LogP) is -2.12. The van der Waals surface area contributed by atoms with Crippen molar-refractivity contribution >= 4 is 25.2 Å². The zero-order valence-electron chi connectivity index (χ0n) is 3.22. The quantitative estimate of drug-likeness (QED) is 0.340. The Labute approximate surface area is 80.1 Å². The van der Waals surface area contributed by atoms with E-state index in [0.29, 0.717) is 0 Å². The van der Waals surface area contributed by atoms with Gasteiger partial charge in [-0.15, -0.1) is 0 Å². The first-order valence-corrected chi connectivity index (χ1v) is 2.35. The van der Waals surface area contributed by atoms with Gasteiger partial charge >= 0.3 is 7.82 Å². The summed E-state index contributed by atoms with van der Waals surface area (Å²) in [5, 5.41) is 0. The van der Waals surface area contributed by atoms with E-state index >= 15 is 0 Å². The normalized spacial score (nSPS) is 7.38. The van der Waals surface area contributed by atoms with Gasteiger partial charge in [0, 0.05) is 36.0 Å². The molecule has 0 saturated heterocycles. The van der Waals surface area contributed by atoms with Gasteiger partial charge in [0.25, 0.3) is 0 Å². The average molecular weight is 252 g/mol. The van der Waals surface area contributed by atoms with Crippen molar-refractivity contribution in [1.82, 2.24) is 0 Å². The molecule has 0 aromatic rings. The fourth-order valence-electron chi connectivity index (χ4n) is 0. The Morgan fingerprint density at radius 3 is 1.12 bits per heavy atom. The van der Waals surface area contributed by atoms with E-state index in [2.05, 4.69) is 0 Å². The molecule has 0 rings (SSSR count). The molecule has 0 saturated carbocycles. The van der Waals surface area contributed by atoms with Crippen molar-refractivity contribution < 1.29 is 55.2 Å². The largest absolute Gasteiger partial charge is 0.466 e. The number of hydrogen-bond acceptors (Lipinski definition) is 1. The van der Waals surface area contributed by atoms with Gasteiger partial charge in [0.15, 0.2) is 17.4 Å². The van der Waals surface area contributed by atoms with Crippen molar-refractivity contribution in [2.75, 3.05) is 0 Å². The van der Waals surface area contributed by atoms with Crippen LogP contribution in [0.5, 0.6) is 0 Å². The first-order chi connectivity index (χ1) is 2.00.